The number of aromatic nitrogens is 1. The molecule has 3 rings (SSSR count). The first-order valence-electron chi connectivity index (χ1n) is 7.53. The Bertz CT molecular complexity index is 794. The number of alkyl halides is 3. The largest absolute Gasteiger partial charge is 0.416 e. The molecule has 1 aliphatic heterocycles. The van der Waals surface area contributed by atoms with E-state index in [9.17, 15) is 27.5 Å². The highest BCUT2D eigenvalue weighted by atomic mass is 19.4. The van der Waals surface area contributed by atoms with Gasteiger partial charge < -0.3 is 10.0 Å². The van der Waals surface area contributed by atoms with Gasteiger partial charge in [-0.2, -0.15) is 13.2 Å². The molecule has 2 unspecified atom stereocenters. The third-order valence-electron chi connectivity index (χ3n) is 4.12. The Labute approximate surface area is 140 Å². The SMILES string of the molecule is O=C(c1cncc(F)c1)N1CC(O)CC1c1ccccc1C(F)(F)F. The summed E-state index contributed by atoms with van der Waals surface area (Å²) in [5.74, 6) is -1.40. The summed E-state index contributed by atoms with van der Waals surface area (Å²) in [6.45, 7) is -0.133. The number of aliphatic hydroxyl groups is 1. The van der Waals surface area contributed by atoms with Gasteiger partial charge in [0.15, 0.2) is 0 Å². The third kappa shape index (κ3) is 3.48. The maximum absolute atomic E-state index is 13.3. The molecule has 132 valence electrons. The van der Waals surface area contributed by atoms with Gasteiger partial charge >= 0.3 is 6.18 Å². The summed E-state index contributed by atoms with van der Waals surface area (Å²) < 4.78 is 53.1. The molecule has 2 heterocycles. The van der Waals surface area contributed by atoms with Crippen molar-refractivity contribution in [1.82, 2.24) is 9.88 Å². The molecule has 0 spiro atoms. The van der Waals surface area contributed by atoms with E-state index in [2.05, 4.69) is 4.98 Å². The number of halogens is 4. The highest BCUT2D eigenvalue weighted by Crippen LogP contribution is 2.40. The van der Waals surface area contributed by atoms with Gasteiger partial charge in [0.05, 0.1) is 29.5 Å². The molecule has 8 heteroatoms. The van der Waals surface area contributed by atoms with Gasteiger partial charge in [-0.3, -0.25) is 9.78 Å². The minimum Gasteiger partial charge on any atom is -0.391 e. The monoisotopic (exact) mass is 354 g/mol. The molecule has 2 atom stereocenters. The molecule has 1 saturated heterocycles. The van der Waals surface area contributed by atoms with Crippen molar-refractivity contribution >= 4 is 5.91 Å². The fourth-order valence-electron chi connectivity index (χ4n) is 3.07. The number of benzene rings is 1. The second-order valence-electron chi connectivity index (χ2n) is 5.84. The molecule has 4 nitrogen and oxygen atoms in total. The number of aliphatic hydroxyl groups excluding tert-OH is 1. The molecular formula is C17H14F4N2O2. The number of β-amino-alcohol motifs (C(OH)–C–C–N with tert-alkyl or cyclic N) is 1. The summed E-state index contributed by atoms with van der Waals surface area (Å²) in [5.41, 5.74) is -1.03. The smallest absolute Gasteiger partial charge is 0.391 e. The Morgan fingerprint density at radius 2 is 1.96 bits per heavy atom. The summed E-state index contributed by atoms with van der Waals surface area (Å²) in [7, 11) is 0. The number of carbonyl (C=O) groups is 1. The van der Waals surface area contributed by atoms with E-state index in [0.29, 0.717) is 0 Å². The fourth-order valence-corrected chi connectivity index (χ4v) is 3.07. The average Bonchev–Trinajstić information content (AvgIpc) is 2.95. The number of hydrogen-bond donors (Lipinski definition) is 1. The van der Waals surface area contributed by atoms with Gasteiger partial charge in [-0.15, -0.1) is 0 Å². The Kier molecular flexibility index (Phi) is 4.47. The first-order valence-corrected chi connectivity index (χ1v) is 7.53. The van der Waals surface area contributed by atoms with Crippen LogP contribution >= 0.6 is 0 Å². The number of pyridine rings is 1. The zero-order valence-electron chi connectivity index (χ0n) is 12.9. The Balaban J connectivity index is 2.00. The van der Waals surface area contributed by atoms with Crippen molar-refractivity contribution in [3.8, 4) is 0 Å². The molecule has 0 aliphatic carbocycles. The van der Waals surface area contributed by atoms with E-state index in [1.807, 2.05) is 0 Å². The lowest BCUT2D eigenvalue weighted by atomic mass is 9.97. The van der Waals surface area contributed by atoms with Crippen molar-refractivity contribution in [3.63, 3.8) is 0 Å². The standard InChI is InChI=1S/C17H14F4N2O2/c18-11-5-10(7-22-8-11)16(25)23-9-12(24)6-15(23)13-3-1-2-4-14(13)17(19,20)21/h1-5,7-8,12,15,24H,6,9H2. The Morgan fingerprint density at radius 3 is 2.64 bits per heavy atom. The quantitative estimate of drug-likeness (QED) is 0.843. The van der Waals surface area contributed by atoms with Gasteiger partial charge in [-0.1, -0.05) is 18.2 Å². The average molecular weight is 354 g/mol. The number of likely N-dealkylation sites (tertiary alicyclic amines) is 1. The molecule has 25 heavy (non-hydrogen) atoms. The lowest BCUT2D eigenvalue weighted by Crippen LogP contribution is -2.32. The van der Waals surface area contributed by atoms with Crippen molar-refractivity contribution in [2.24, 2.45) is 0 Å². The normalized spacial score (nSPS) is 20.8. The molecule has 1 aromatic carbocycles. The van der Waals surface area contributed by atoms with Crippen LogP contribution in [0, 0.1) is 5.82 Å². The van der Waals surface area contributed by atoms with Gasteiger partial charge in [0.25, 0.3) is 5.91 Å². The van der Waals surface area contributed by atoms with Crippen LogP contribution < -0.4 is 0 Å². The van der Waals surface area contributed by atoms with E-state index >= 15 is 0 Å². The lowest BCUT2D eigenvalue weighted by Gasteiger charge is -2.27. The summed E-state index contributed by atoms with van der Waals surface area (Å²) in [6, 6.07) is 4.94. The van der Waals surface area contributed by atoms with Crippen molar-refractivity contribution in [1.29, 1.82) is 0 Å². The molecule has 1 fully saturated rings. The number of nitrogens with zero attached hydrogens (tertiary/aromatic N) is 2. The van der Waals surface area contributed by atoms with Gasteiger partial charge in [0, 0.05) is 12.7 Å². The Hall–Kier alpha value is -2.48. The maximum Gasteiger partial charge on any atom is 0.416 e. The molecule has 0 bridgehead atoms. The van der Waals surface area contributed by atoms with E-state index in [4.69, 9.17) is 0 Å². The molecule has 1 aromatic heterocycles. The first-order chi connectivity index (χ1) is 11.8. The predicted molar refractivity (Wildman–Crippen MR) is 80.0 cm³/mol. The van der Waals surface area contributed by atoms with E-state index in [1.54, 1.807) is 0 Å². The van der Waals surface area contributed by atoms with E-state index in [-0.39, 0.29) is 24.1 Å². The van der Waals surface area contributed by atoms with Crippen LogP contribution in [0.5, 0.6) is 0 Å². The first kappa shape index (κ1) is 17.3. The van der Waals surface area contributed by atoms with Crippen LogP contribution in [0.1, 0.15) is 33.9 Å². The summed E-state index contributed by atoms with van der Waals surface area (Å²) in [4.78, 5) is 17.3. The topological polar surface area (TPSA) is 53.4 Å². The second kappa shape index (κ2) is 6.44. The van der Waals surface area contributed by atoms with Crippen LogP contribution in [-0.4, -0.2) is 33.5 Å². The number of carbonyl (C=O) groups excluding carboxylic acids is 1. The van der Waals surface area contributed by atoms with Crippen molar-refractivity contribution in [2.75, 3.05) is 6.54 Å². The van der Waals surface area contributed by atoms with E-state index in [0.717, 1.165) is 29.4 Å². The molecule has 1 aliphatic rings. The summed E-state index contributed by atoms with van der Waals surface area (Å²) >= 11 is 0. The summed E-state index contributed by atoms with van der Waals surface area (Å²) in [6.07, 6.45) is -3.51. The van der Waals surface area contributed by atoms with Gasteiger partial charge in [0.1, 0.15) is 5.82 Å². The second-order valence-corrected chi connectivity index (χ2v) is 5.84. The lowest BCUT2D eigenvalue weighted by molar-refractivity contribution is -0.138. The highest BCUT2D eigenvalue weighted by molar-refractivity contribution is 5.94. The minimum absolute atomic E-state index is 0.0262. The molecule has 1 amide bonds. The van der Waals surface area contributed by atoms with Crippen LogP contribution in [-0.2, 0) is 6.18 Å². The van der Waals surface area contributed by atoms with Crippen LogP contribution in [0.3, 0.4) is 0 Å². The summed E-state index contributed by atoms with van der Waals surface area (Å²) in [5, 5.41) is 9.91. The van der Waals surface area contributed by atoms with Gasteiger partial charge in [-0.25, -0.2) is 4.39 Å². The van der Waals surface area contributed by atoms with E-state index < -0.39 is 35.6 Å². The maximum atomic E-state index is 13.3. The molecule has 0 radical (unpaired) electrons. The fraction of sp³-hybridized carbons (Fsp3) is 0.294. The van der Waals surface area contributed by atoms with Crippen molar-refractivity contribution in [3.05, 3.63) is 65.2 Å². The minimum atomic E-state index is -4.58. The highest BCUT2D eigenvalue weighted by Gasteiger charge is 2.41. The van der Waals surface area contributed by atoms with Crippen molar-refractivity contribution < 1.29 is 27.5 Å². The Morgan fingerprint density at radius 1 is 1.24 bits per heavy atom. The van der Waals surface area contributed by atoms with Gasteiger partial charge in [-0.05, 0) is 24.1 Å². The predicted octanol–water partition coefficient (Wildman–Crippen LogP) is 3.19. The molecule has 0 saturated carbocycles. The van der Waals surface area contributed by atoms with Gasteiger partial charge in [0.2, 0.25) is 0 Å². The zero-order valence-corrected chi connectivity index (χ0v) is 12.9. The van der Waals surface area contributed by atoms with Crippen LogP contribution in [0.4, 0.5) is 17.6 Å². The van der Waals surface area contributed by atoms with Crippen molar-refractivity contribution in [2.45, 2.75) is 24.7 Å². The van der Waals surface area contributed by atoms with E-state index in [1.165, 1.54) is 18.2 Å². The molecular weight excluding hydrogens is 340 g/mol. The molecule has 1 N–H and O–H groups in total. The molecule has 2 aromatic rings. The van der Waals surface area contributed by atoms with Crippen LogP contribution in [0.25, 0.3) is 0 Å². The number of rotatable bonds is 2. The van der Waals surface area contributed by atoms with Crippen LogP contribution in [0.15, 0.2) is 42.7 Å². The number of hydrogen-bond acceptors (Lipinski definition) is 3. The number of amides is 1. The third-order valence-corrected chi connectivity index (χ3v) is 4.12. The zero-order chi connectivity index (χ0) is 18.2. The van der Waals surface area contributed by atoms with Crippen LogP contribution in [0.2, 0.25) is 0 Å².